The van der Waals surface area contributed by atoms with Crippen LogP contribution in [0.15, 0.2) is 34.9 Å². The topological polar surface area (TPSA) is 67.2 Å². The van der Waals surface area contributed by atoms with Crippen molar-refractivity contribution in [3.05, 3.63) is 46.7 Å². The van der Waals surface area contributed by atoms with E-state index in [4.69, 9.17) is 16.1 Å². The number of amides is 1. The van der Waals surface area contributed by atoms with E-state index < -0.39 is 0 Å². The van der Waals surface area contributed by atoms with E-state index in [0.29, 0.717) is 22.5 Å². The van der Waals surface area contributed by atoms with Crippen LogP contribution in [0.4, 0.5) is 5.82 Å². The Labute approximate surface area is 135 Å². The summed E-state index contributed by atoms with van der Waals surface area (Å²) in [6.07, 6.45) is 0. The minimum absolute atomic E-state index is 0.0714. The van der Waals surface area contributed by atoms with E-state index in [2.05, 4.69) is 29.6 Å². The van der Waals surface area contributed by atoms with Crippen molar-refractivity contribution in [3.8, 4) is 0 Å². The molecule has 2 rings (SSSR count). The summed E-state index contributed by atoms with van der Waals surface area (Å²) in [6, 6.07) is 9.40. The Balaban J connectivity index is 1.94. The number of anilines is 1. The molecule has 0 spiro atoms. The minimum atomic E-state index is -0.159. The molecule has 0 aliphatic carbocycles. The van der Waals surface area contributed by atoms with Crippen molar-refractivity contribution in [1.29, 1.82) is 0 Å². The van der Waals surface area contributed by atoms with Crippen molar-refractivity contribution in [2.24, 2.45) is 5.92 Å². The maximum atomic E-state index is 12.0. The molecule has 0 fully saturated rings. The Bertz CT molecular complexity index is 623. The number of rotatable bonds is 6. The van der Waals surface area contributed by atoms with Gasteiger partial charge >= 0.3 is 0 Å². The van der Waals surface area contributed by atoms with E-state index in [9.17, 15) is 4.79 Å². The van der Waals surface area contributed by atoms with Crippen LogP contribution in [-0.2, 0) is 4.79 Å². The lowest BCUT2D eigenvalue weighted by Crippen LogP contribution is -2.33. The van der Waals surface area contributed by atoms with E-state index in [1.807, 2.05) is 24.3 Å². The summed E-state index contributed by atoms with van der Waals surface area (Å²) in [5.74, 6) is 1.26. The molecule has 2 N–H and O–H groups in total. The fourth-order valence-electron chi connectivity index (χ4n) is 2.22. The number of halogens is 1. The van der Waals surface area contributed by atoms with E-state index in [1.54, 1.807) is 13.0 Å². The van der Waals surface area contributed by atoms with Crippen LogP contribution < -0.4 is 10.6 Å². The molecule has 2 aromatic rings. The molecule has 118 valence electrons. The van der Waals surface area contributed by atoms with Crippen LogP contribution >= 0.6 is 11.6 Å². The van der Waals surface area contributed by atoms with Crippen LogP contribution in [0.25, 0.3) is 0 Å². The maximum absolute atomic E-state index is 12.0. The molecule has 0 bridgehead atoms. The quantitative estimate of drug-likeness (QED) is 0.853. The first-order valence-electron chi connectivity index (χ1n) is 7.17. The van der Waals surface area contributed by atoms with Crippen molar-refractivity contribution in [1.82, 2.24) is 10.5 Å². The second-order valence-electron chi connectivity index (χ2n) is 5.53. The standard InChI is InChI=1S/C16H20ClN3O2/c1-10(2)16(12-4-6-13(17)7-5-12)18-9-15(21)19-14-8-11(3)22-20-14/h4-8,10,16,18H,9H2,1-3H3,(H,19,20,21)/t16-/m1/s1. The Morgan fingerprint density at radius 3 is 2.55 bits per heavy atom. The predicted molar refractivity (Wildman–Crippen MR) is 86.9 cm³/mol. The van der Waals surface area contributed by atoms with Crippen LogP contribution in [0.1, 0.15) is 31.2 Å². The van der Waals surface area contributed by atoms with Gasteiger partial charge < -0.3 is 15.2 Å². The predicted octanol–water partition coefficient (Wildman–Crippen LogP) is 3.56. The Hall–Kier alpha value is -1.85. The van der Waals surface area contributed by atoms with Crippen molar-refractivity contribution < 1.29 is 9.32 Å². The summed E-state index contributed by atoms with van der Waals surface area (Å²) in [7, 11) is 0. The van der Waals surface area contributed by atoms with E-state index >= 15 is 0 Å². The van der Waals surface area contributed by atoms with Gasteiger partial charge in [0.25, 0.3) is 0 Å². The number of nitrogens with zero attached hydrogens (tertiary/aromatic N) is 1. The number of hydrogen-bond acceptors (Lipinski definition) is 4. The third-order valence-electron chi connectivity index (χ3n) is 3.27. The Morgan fingerprint density at radius 2 is 2.00 bits per heavy atom. The summed E-state index contributed by atoms with van der Waals surface area (Å²) < 4.78 is 4.91. The molecule has 22 heavy (non-hydrogen) atoms. The lowest BCUT2D eigenvalue weighted by atomic mass is 9.96. The Morgan fingerprint density at radius 1 is 1.32 bits per heavy atom. The molecule has 0 unspecified atom stereocenters. The molecule has 1 atom stereocenters. The molecule has 6 heteroatoms. The molecule has 0 saturated heterocycles. The van der Waals surface area contributed by atoms with Crippen LogP contribution in [-0.4, -0.2) is 17.6 Å². The largest absolute Gasteiger partial charge is 0.360 e. The lowest BCUT2D eigenvalue weighted by Gasteiger charge is -2.22. The summed E-state index contributed by atoms with van der Waals surface area (Å²) in [5, 5.41) is 10.4. The van der Waals surface area contributed by atoms with Crippen molar-refractivity contribution in [2.75, 3.05) is 11.9 Å². The second-order valence-corrected chi connectivity index (χ2v) is 5.96. The molecule has 1 amide bonds. The molecule has 0 aliphatic rings. The van der Waals surface area contributed by atoms with Crippen LogP contribution in [0.2, 0.25) is 5.02 Å². The summed E-state index contributed by atoms with van der Waals surface area (Å²) in [5.41, 5.74) is 1.10. The van der Waals surface area contributed by atoms with Gasteiger partial charge in [0.15, 0.2) is 5.82 Å². The highest BCUT2D eigenvalue weighted by Crippen LogP contribution is 2.23. The summed E-state index contributed by atoms with van der Waals surface area (Å²) in [6.45, 7) is 6.17. The van der Waals surface area contributed by atoms with E-state index in [0.717, 1.165) is 5.56 Å². The second kappa shape index (κ2) is 7.42. The highest BCUT2D eigenvalue weighted by atomic mass is 35.5. The zero-order valence-electron chi connectivity index (χ0n) is 12.9. The van der Waals surface area contributed by atoms with Crippen LogP contribution in [0.5, 0.6) is 0 Å². The number of carbonyl (C=O) groups is 1. The van der Waals surface area contributed by atoms with Crippen molar-refractivity contribution in [3.63, 3.8) is 0 Å². The zero-order chi connectivity index (χ0) is 16.1. The number of aromatic nitrogens is 1. The first-order valence-corrected chi connectivity index (χ1v) is 7.55. The fraction of sp³-hybridized carbons (Fsp3) is 0.375. The highest BCUT2D eigenvalue weighted by molar-refractivity contribution is 6.30. The number of aryl methyl sites for hydroxylation is 1. The van der Waals surface area contributed by atoms with E-state index in [1.165, 1.54) is 0 Å². The molecule has 0 radical (unpaired) electrons. The molecular formula is C16H20ClN3O2. The molecule has 0 saturated carbocycles. The summed E-state index contributed by atoms with van der Waals surface area (Å²) in [4.78, 5) is 12.0. The van der Waals surface area contributed by atoms with Crippen LogP contribution in [0.3, 0.4) is 0 Å². The average molecular weight is 322 g/mol. The Kier molecular flexibility index (Phi) is 5.57. The van der Waals surface area contributed by atoms with Gasteiger partial charge in [0, 0.05) is 17.1 Å². The van der Waals surface area contributed by atoms with Crippen molar-refractivity contribution in [2.45, 2.75) is 26.8 Å². The normalized spacial score (nSPS) is 12.4. The lowest BCUT2D eigenvalue weighted by molar-refractivity contribution is -0.115. The van der Waals surface area contributed by atoms with Gasteiger partial charge in [-0.2, -0.15) is 0 Å². The molecule has 1 aromatic heterocycles. The number of benzene rings is 1. The first kappa shape index (κ1) is 16.5. The number of hydrogen-bond donors (Lipinski definition) is 2. The molecule has 0 aliphatic heterocycles. The van der Waals surface area contributed by atoms with Gasteiger partial charge in [-0.3, -0.25) is 4.79 Å². The molecule has 1 aromatic carbocycles. The smallest absolute Gasteiger partial charge is 0.239 e. The first-order chi connectivity index (χ1) is 10.5. The minimum Gasteiger partial charge on any atom is -0.360 e. The van der Waals surface area contributed by atoms with Gasteiger partial charge in [-0.05, 0) is 30.5 Å². The van der Waals surface area contributed by atoms with Crippen LogP contribution in [0, 0.1) is 12.8 Å². The van der Waals surface area contributed by atoms with E-state index in [-0.39, 0.29) is 18.5 Å². The molecule has 1 heterocycles. The van der Waals surface area contributed by atoms with Gasteiger partial charge in [-0.15, -0.1) is 0 Å². The van der Waals surface area contributed by atoms with Gasteiger partial charge in [0.2, 0.25) is 5.91 Å². The summed E-state index contributed by atoms with van der Waals surface area (Å²) >= 11 is 5.92. The van der Waals surface area contributed by atoms with Gasteiger partial charge in [0.1, 0.15) is 5.76 Å². The molecular weight excluding hydrogens is 302 g/mol. The van der Waals surface area contributed by atoms with Gasteiger partial charge in [-0.1, -0.05) is 42.7 Å². The fourth-order valence-corrected chi connectivity index (χ4v) is 2.35. The highest BCUT2D eigenvalue weighted by Gasteiger charge is 2.17. The maximum Gasteiger partial charge on any atom is 0.239 e. The monoisotopic (exact) mass is 321 g/mol. The number of nitrogens with one attached hydrogen (secondary N) is 2. The number of carbonyl (C=O) groups excluding carboxylic acids is 1. The zero-order valence-corrected chi connectivity index (χ0v) is 13.6. The van der Waals surface area contributed by atoms with Gasteiger partial charge in [-0.25, -0.2) is 0 Å². The SMILES string of the molecule is Cc1cc(NC(=O)CN[C@@H](c2ccc(Cl)cc2)C(C)C)no1. The average Bonchev–Trinajstić information content (AvgIpc) is 2.86. The van der Waals surface area contributed by atoms with Crippen molar-refractivity contribution >= 4 is 23.3 Å². The third-order valence-corrected chi connectivity index (χ3v) is 3.53. The van der Waals surface area contributed by atoms with Gasteiger partial charge in [0.05, 0.1) is 6.54 Å². The third kappa shape index (κ3) is 4.58. The molecule has 5 nitrogen and oxygen atoms in total.